The first-order valence-electron chi connectivity index (χ1n) is 6.76. The molecule has 0 amide bonds. The minimum atomic E-state index is -1.81. The fourth-order valence-electron chi connectivity index (χ4n) is 2.31. The van der Waals surface area contributed by atoms with Gasteiger partial charge in [-0.05, 0) is 18.8 Å². The molecule has 1 unspecified atom stereocenters. The van der Waals surface area contributed by atoms with Gasteiger partial charge in [-0.25, -0.2) is 4.79 Å². The third kappa shape index (κ3) is 4.29. The number of nitro groups is 1. The van der Waals surface area contributed by atoms with Crippen LogP contribution in [0.15, 0.2) is 0 Å². The molecule has 1 aliphatic rings. The highest BCUT2D eigenvalue weighted by Gasteiger charge is 2.47. The highest BCUT2D eigenvalue weighted by Crippen LogP contribution is 2.25. The summed E-state index contributed by atoms with van der Waals surface area (Å²) in [6.07, 6.45) is 5.92. The summed E-state index contributed by atoms with van der Waals surface area (Å²) in [4.78, 5) is 32.6. The lowest BCUT2D eigenvalue weighted by Gasteiger charge is -2.23. The lowest BCUT2D eigenvalue weighted by molar-refractivity contribution is -0.551. The second-order valence-electron chi connectivity index (χ2n) is 5.34. The predicted molar refractivity (Wildman–Crippen MR) is 68.2 cm³/mol. The van der Waals surface area contributed by atoms with E-state index in [0.29, 0.717) is 12.2 Å². The first kappa shape index (κ1) is 15.6. The molecule has 6 heteroatoms. The van der Waals surface area contributed by atoms with E-state index in [0.717, 1.165) is 25.7 Å². The Bertz CT molecular complexity index is 338. The molecule has 1 saturated carbocycles. The second-order valence-corrected chi connectivity index (χ2v) is 5.34. The number of hydrogen-bond acceptors (Lipinski definition) is 5. The van der Waals surface area contributed by atoms with Crippen LogP contribution >= 0.6 is 0 Å². The first-order valence-corrected chi connectivity index (χ1v) is 6.76. The number of carbonyl (C=O) groups excluding carboxylic acids is 2. The van der Waals surface area contributed by atoms with Crippen LogP contribution in [-0.4, -0.2) is 29.3 Å². The van der Waals surface area contributed by atoms with Gasteiger partial charge < -0.3 is 9.53 Å². The molecule has 1 atom stereocenters. The molecule has 0 heterocycles. The standard InChI is InChI=1S/C13H21NO5/c1-13(14(17)18,8-5-9-15)12(16)19-10-11-6-3-2-4-7-11/h9,11H,2-8,10H2,1H3. The van der Waals surface area contributed by atoms with Crippen LogP contribution in [0.25, 0.3) is 0 Å². The summed E-state index contributed by atoms with van der Waals surface area (Å²) in [6.45, 7) is 1.48. The molecule has 0 bridgehead atoms. The van der Waals surface area contributed by atoms with Crippen molar-refractivity contribution in [1.29, 1.82) is 0 Å². The van der Waals surface area contributed by atoms with E-state index in [-0.39, 0.29) is 19.4 Å². The number of carbonyl (C=O) groups is 2. The zero-order chi connectivity index (χ0) is 14.3. The highest BCUT2D eigenvalue weighted by molar-refractivity contribution is 5.79. The molecule has 1 fully saturated rings. The largest absolute Gasteiger partial charge is 0.460 e. The van der Waals surface area contributed by atoms with Gasteiger partial charge >= 0.3 is 11.5 Å². The van der Waals surface area contributed by atoms with E-state index in [1.54, 1.807) is 0 Å². The molecule has 0 radical (unpaired) electrons. The molecular formula is C13H21NO5. The van der Waals surface area contributed by atoms with Crippen molar-refractivity contribution in [1.82, 2.24) is 0 Å². The Morgan fingerprint density at radius 2 is 2.05 bits per heavy atom. The monoisotopic (exact) mass is 271 g/mol. The molecule has 1 aliphatic carbocycles. The third-order valence-corrected chi connectivity index (χ3v) is 3.77. The van der Waals surface area contributed by atoms with Crippen molar-refractivity contribution in [2.45, 2.75) is 57.4 Å². The van der Waals surface area contributed by atoms with Gasteiger partial charge in [0.15, 0.2) is 0 Å². The summed E-state index contributed by atoms with van der Waals surface area (Å²) in [5, 5.41) is 11.0. The van der Waals surface area contributed by atoms with E-state index in [2.05, 4.69) is 0 Å². The molecule has 0 aromatic heterocycles. The SMILES string of the molecule is CC(CCC=O)(C(=O)OCC1CCCCC1)[N+](=O)[O-]. The van der Waals surface area contributed by atoms with Gasteiger partial charge in [0.1, 0.15) is 6.29 Å². The third-order valence-electron chi connectivity index (χ3n) is 3.77. The van der Waals surface area contributed by atoms with Crippen molar-refractivity contribution in [3.8, 4) is 0 Å². The number of nitrogens with zero attached hydrogens (tertiary/aromatic N) is 1. The second kappa shape index (κ2) is 7.21. The molecule has 0 aromatic rings. The highest BCUT2D eigenvalue weighted by atomic mass is 16.6. The van der Waals surface area contributed by atoms with Gasteiger partial charge in [0.25, 0.3) is 0 Å². The number of ether oxygens (including phenoxy) is 1. The van der Waals surface area contributed by atoms with Crippen molar-refractivity contribution >= 4 is 12.3 Å². The van der Waals surface area contributed by atoms with Crippen molar-refractivity contribution < 1.29 is 19.2 Å². The van der Waals surface area contributed by atoms with E-state index in [1.165, 1.54) is 13.3 Å². The van der Waals surface area contributed by atoms with Crippen molar-refractivity contribution in [2.24, 2.45) is 5.92 Å². The Hall–Kier alpha value is -1.46. The van der Waals surface area contributed by atoms with Gasteiger partial charge in [0.2, 0.25) is 0 Å². The van der Waals surface area contributed by atoms with Crippen molar-refractivity contribution in [3.63, 3.8) is 0 Å². The molecule has 19 heavy (non-hydrogen) atoms. The van der Waals surface area contributed by atoms with Crippen LogP contribution in [0, 0.1) is 16.0 Å². The molecule has 0 saturated heterocycles. The van der Waals surface area contributed by atoms with Crippen LogP contribution in [0.4, 0.5) is 0 Å². The normalized spacial score (nSPS) is 19.4. The molecule has 0 aromatic carbocycles. The van der Waals surface area contributed by atoms with E-state index in [1.807, 2.05) is 0 Å². The zero-order valence-corrected chi connectivity index (χ0v) is 11.3. The van der Waals surface area contributed by atoms with Gasteiger partial charge in [0, 0.05) is 24.7 Å². The smallest absolute Gasteiger partial charge is 0.384 e. The average molecular weight is 271 g/mol. The zero-order valence-electron chi connectivity index (χ0n) is 11.3. The number of rotatable bonds is 7. The topological polar surface area (TPSA) is 86.5 Å². The maximum Gasteiger partial charge on any atom is 0.384 e. The molecule has 0 aliphatic heterocycles. The van der Waals surface area contributed by atoms with E-state index < -0.39 is 16.4 Å². The van der Waals surface area contributed by atoms with Crippen LogP contribution in [-0.2, 0) is 14.3 Å². The molecule has 6 nitrogen and oxygen atoms in total. The van der Waals surface area contributed by atoms with E-state index >= 15 is 0 Å². The molecule has 108 valence electrons. The first-order chi connectivity index (χ1) is 9.00. The molecule has 0 spiro atoms. The Labute approximate surface area is 112 Å². The van der Waals surface area contributed by atoms with Crippen molar-refractivity contribution in [3.05, 3.63) is 10.1 Å². The number of esters is 1. The van der Waals surface area contributed by atoms with E-state index in [4.69, 9.17) is 4.74 Å². The van der Waals surface area contributed by atoms with Gasteiger partial charge in [-0.2, -0.15) is 0 Å². The summed E-state index contributed by atoms with van der Waals surface area (Å²) in [6, 6.07) is 0. The van der Waals surface area contributed by atoms with Crippen LogP contribution in [0.1, 0.15) is 51.9 Å². The summed E-state index contributed by atoms with van der Waals surface area (Å²) < 4.78 is 5.11. The lowest BCUT2D eigenvalue weighted by Crippen LogP contribution is -2.45. The van der Waals surface area contributed by atoms with Crippen LogP contribution in [0.2, 0.25) is 0 Å². The maximum absolute atomic E-state index is 11.9. The van der Waals surface area contributed by atoms with Crippen LogP contribution in [0.3, 0.4) is 0 Å². The minimum absolute atomic E-state index is 0.0178. The summed E-state index contributed by atoms with van der Waals surface area (Å²) in [5.74, 6) is -0.510. The van der Waals surface area contributed by atoms with E-state index in [9.17, 15) is 19.7 Å². The Balaban J connectivity index is 2.51. The fourth-order valence-corrected chi connectivity index (χ4v) is 2.31. The Morgan fingerprint density at radius 3 is 2.58 bits per heavy atom. The van der Waals surface area contributed by atoms with Gasteiger partial charge in [-0.15, -0.1) is 0 Å². The predicted octanol–water partition coefficient (Wildman–Crippen LogP) is 2.12. The summed E-state index contributed by atoms with van der Waals surface area (Å²) >= 11 is 0. The molecular weight excluding hydrogens is 250 g/mol. The average Bonchev–Trinajstić information content (AvgIpc) is 2.42. The van der Waals surface area contributed by atoms with Crippen LogP contribution in [0.5, 0.6) is 0 Å². The fraction of sp³-hybridized carbons (Fsp3) is 0.846. The molecule has 1 rings (SSSR count). The number of hydrogen-bond donors (Lipinski definition) is 0. The van der Waals surface area contributed by atoms with Crippen LogP contribution < -0.4 is 0 Å². The number of aldehydes is 1. The maximum atomic E-state index is 11.9. The quantitative estimate of drug-likeness (QED) is 0.306. The molecule has 0 N–H and O–H groups in total. The Morgan fingerprint density at radius 1 is 1.42 bits per heavy atom. The van der Waals surface area contributed by atoms with Gasteiger partial charge in [0.05, 0.1) is 6.61 Å². The van der Waals surface area contributed by atoms with Crippen molar-refractivity contribution in [2.75, 3.05) is 6.61 Å². The minimum Gasteiger partial charge on any atom is -0.460 e. The Kier molecular flexibility index (Phi) is 5.92. The van der Waals surface area contributed by atoms with Gasteiger partial charge in [-0.1, -0.05) is 19.3 Å². The van der Waals surface area contributed by atoms with Gasteiger partial charge in [-0.3, -0.25) is 10.1 Å². The lowest BCUT2D eigenvalue weighted by atomic mass is 9.90. The summed E-state index contributed by atoms with van der Waals surface area (Å²) in [5.41, 5.74) is -1.81. The summed E-state index contributed by atoms with van der Waals surface area (Å²) in [7, 11) is 0.